The molecule has 3 nitrogen and oxygen atoms in total. The van der Waals surface area contributed by atoms with Crippen molar-refractivity contribution in [2.45, 2.75) is 50.4 Å². The molecule has 4 atom stereocenters. The van der Waals surface area contributed by atoms with Crippen molar-refractivity contribution in [1.29, 1.82) is 0 Å². The predicted molar refractivity (Wildman–Crippen MR) is 86.5 cm³/mol. The molecule has 1 aromatic heterocycles. The van der Waals surface area contributed by atoms with Crippen LogP contribution in [0.2, 0.25) is 4.34 Å². The lowest BCUT2D eigenvalue weighted by molar-refractivity contribution is 0.158. The molecule has 2 N–H and O–H groups in total. The summed E-state index contributed by atoms with van der Waals surface area (Å²) in [7, 11) is 2.29. The van der Waals surface area contributed by atoms with Gasteiger partial charge in [0.25, 0.3) is 0 Å². The molecule has 0 aliphatic carbocycles. The SMILES string of the molecule is CC(N)C(c1ccc(Cl)s1)N1CCC2CCC(C1)N2C. The van der Waals surface area contributed by atoms with Gasteiger partial charge in [-0.25, -0.2) is 0 Å². The molecule has 2 aliphatic rings. The second-order valence-electron chi connectivity index (χ2n) is 6.28. The highest BCUT2D eigenvalue weighted by atomic mass is 35.5. The minimum atomic E-state index is 0.131. The number of thiophene rings is 1. The predicted octanol–water partition coefficient (Wildman–Crippen LogP) is 2.96. The Balaban J connectivity index is 1.81. The summed E-state index contributed by atoms with van der Waals surface area (Å²) in [6, 6.07) is 6.04. The number of fused-ring (bicyclic) bond motifs is 2. The summed E-state index contributed by atoms with van der Waals surface area (Å²) in [5.74, 6) is 0. The molecule has 1 aromatic rings. The molecule has 0 saturated carbocycles. The third kappa shape index (κ3) is 2.77. The van der Waals surface area contributed by atoms with Crippen LogP contribution >= 0.6 is 22.9 Å². The average Bonchev–Trinajstić information content (AvgIpc) is 2.88. The quantitative estimate of drug-likeness (QED) is 0.931. The molecule has 2 saturated heterocycles. The van der Waals surface area contributed by atoms with Gasteiger partial charge in [-0.3, -0.25) is 9.80 Å². The molecule has 2 fully saturated rings. The molecule has 3 rings (SSSR count). The van der Waals surface area contributed by atoms with Crippen molar-refractivity contribution in [3.8, 4) is 0 Å². The molecule has 0 amide bonds. The number of nitrogens with two attached hydrogens (primary N) is 1. The fourth-order valence-electron chi connectivity index (χ4n) is 3.85. The van der Waals surface area contributed by atoms with Crippen LogP contribution < -0.4 is 5.73 Å². The Bertz CT molecular complexity index is 462. The molecule has 0 aromatic carbocycles. The number of likely N-dealkylation sites (N-methyl/N-ethyl adjacent to an activating group) is 1. The average molecular weight is 314 g/mol. The zero-order chi connectivity index (χ0) is 14.3. The van der Waals surface area contributed by atoms with Crippen molar-refractivity contribution in [1.82, 2.24) is 9.80 Å². The molecule has 3 heterocycles. The summed E-state index contributed by atoms with van der Waals surface area (Å²) in [4.78, 5) is 6.48. The van der Waals surface area contributed by atoms with Crippen molar-refractivity contribution < 1.29 is 0 Å². The van der Waals surface area contributed by atoms with Crippen LogP contribution in [-0.4, -0.2) is 48.1 Å². The van der Waals surface area contributed by atoms with E-state index in [1.54, 1.807) is 11.3 Å². The smallest absolute Gasteiger partial charge is 0.0931 e. The Morgan fingerprint density at radius 3 is 2.70 bits per heavy atom. The fourth-order valence-corrected chi connectivity index (χ4v) is 5.16. The van der Waals surface area contributed by atoms with Crippen LogP contribution in [-0.2, 0) is 0 Å². The third-order valence-corrected chi connectivity index (χ3v) is 6.26. The zero-order valence-corrected chi connectivity index (χ0v) is 13.8. The lowest BCUT2D eigenvalue weighted by Crippen LogP contribution is -2.43. The van der Waals surface area contributed by atoms with Crippen LogP contribution in [0.1, 0.15) is 37.1 Å². The summed E-state index contributed by atoms with van der Waals surface area (Å²) in [6.07, 6.45) is 3.95. The Morgan fingerprint density at radius 1 is 1.30 bits per heavy atom. The van der Waals surface area contributed by atoms with Gasteiger partial charge in [0, 0.05) is 36.1 Å². The van der Waals surface area contributed by atoms with Crippen molar-refractivity contribution in [3.63, 3.8) is 0 Å². The van der Waals surface area contributed by atoms with Crippen LogP contribution in [0.25, 0.3) is 0 Å². The first-order valence-corrected chi connectivity index (χ1v) is 8.72. The molecular weight excluding hydrogens is 290 g/mol. The topological polar surface area (TPSA) is 32.5 Å². The van der Waals surface area contributed by atoms with E-state index in [1.807, 2.05) is 6.07 Å². The summed E-state index contributed by atoms with van der Waals surface area (Å²) in [6.45, 7) is 4.40. The second-order valence-corrected chi connectivity index (χ2v) is 8.03. The lowest BCUT2D eigenvalue weighted by Gasteiger charge is -2.35. The van der Waals surface area contributed by atoms with Gasteiger partial charge < -0.3 is 5.73 Å². The molecule has 2 aliphatic heterocycles. The maximum absolute atomic E-state index is 6.30. The van der Waals surface area contributed by atoms with E-state index < -0.39 is 0 Å². The maximum atomic E-state index is 6.30. The molecular formula is C15H24ClN3S. The number of likely N-dealkylation sites (tertiary alicyclic amines) is 1. The Morgan fingerprint density at radius 2 is 2.05 bits per heavy atom. The van der Waals surface area contributed by atoms with E-state index >= 15 is 0 Å². The van der Waals surface area contributed by atoms with E-state index in [-0.39, 0.29) is 6.04 Å². The van der Waals surface area contributed by atoms with Gasteiger partial charge in [-0.15, -0.1) is 11.3 Å². The molecule has 4 unspecified atom stereocenters. The second kappa shape index (κ2) is 5.93. The summed E-state index contributed by atoms with van der Waals surface area (Å²) < 4.78 is 0.860. The molecule has 0 spiro atoms. The highest BCUT2D eigenvalue weighted by Crippen LogP contribution is 2.36. The minimum absolute atomic E-state index is 0.131. The van der Waals surface area contributed by atoms with Crippen molar-refractivity contribution >= 4 is 22.9 Å². The van der Waals surface area contributed by atoms with Gasteiger partial charge in [-0.2, -0.15) is 0 Å². The van der Waals surface area contributed by atoms with E-state index in [2.05, 4.69) is 29.8 Å². The summed E-state index contributed by atoms with van der Waals surface area (Å²) >= 11 is 7.79. The molecule has 2 bridgehead atoms. The van der Waals surface area contributed by atoms with Gasteiger partial charge in [-0.1, -0.05) is 11.6 Å². The van der Waals surface area contributed by atoms with Gasteiger partial charge >= 0.3 is 0 Å². The Labute approximate surface area is 130 Å². The molecule has 5 heteroatoms. The van der Waals surface area contributed by atoms with E-state index in [1.165, 1.54) is 24.1 Å². The molecule has 0 radical (unpaired) electrons. The Hall–Kier alpha value is -0.130. The van der Waals surface area contributed by atoms with Crippen LogP contribution in [0.4, 0.5) is 0 Å². The van der Waals surface area contributed by atoms with Crippen molar-refractivity contribution in [2.75, 3.05) is 20.1 Å². The fraction of sp³-hybridized carbons (Fsp3) is 0.733. The first-order valence-electron chi connectivity index (χ1n) is 7.53. The number of nitrogens with zero attached hydrogens (tertiary/aromatic N) is 2. The van der Waals surface area contributed by atoms with Crippen LogP contribution in [0, 0.1) is 0 Å². The van der Waals surface area contributed by atoms with E-state index in [0.29, 0.717) is 12.1 Å². The Kier molecular flexibility index (Phi) is 4.39. The van der Waals surface area contributed by atoms with Gasteiger partial charge in [0.15, 0.2) is 0 Å². The largest absolute Gasteiger partial charge is 0.326 e. The molecule has 112 valence electrons. The van der Waals surface area contributed by atoms with Crippen LogP contribution in [0.3, 0.4) is 0 Å². The first-order chi connectivity index (χ1) is 9.56. The zero-order valence-electron chi connectivity index (χ0n) is 12.3. The van der Waals surface area contributed by atoms with E-state index in [0.717, 1.165) is 23.5 Å². The third-order valence-electron chi connectivity index (χ3n) is 4.96. The maximum Gasteiger partial charge on any atom is 0.0931 e. The van der Waals surface area contributed by atoms with Crippen molar-refractivity contribution in [2.24, 2.45) is 5.73 Å². The number of hydrogen-bond acceptors (Lipinski definition) is 4. The van der Waals surface area contributed by atoms with Gasteiger partial charge in [0.1, 0.15) is 0 Å². The van der Waals surface area contributed by atoms with Crippen molar-refractivity contribution in [3.05, 3.63) is 21.3 Å². The van der Waals surface area contributed by atoms with Crippen LogP contribution in [0.15, 0.2) is 12.1 Å². The monoisotopic (exact) mass is 313 g/mol. The van der Waals surface area contributed by atoms with E-state index in [9.17, 15) is 0 Å². The number of hydrogen-bond donors (Lipinski definition) is 1. The molecule has 20 heavy (non-hydrogen) atoms. The standard InChI is InChI=1S/C15H24ClN3S/c1-10(17)15(13-5-6-14(16)20-13)19-8-7-11-3-4-12(9-19)18(11)2/h5-6,10-12,15H,3-4,7-9,17H2,1-2H3. The number of rotatable bonds is 3. The summed E-state index contributed by atoms with van der Waals surface area (Å²) in [5, 5.41) is 0. The van der Waals surface area contributed by atoms with Gasteiger partial charge in [-0.05, 0) is 45.4 Å². The normalized spacial score (nSPS) is 31.2. The lowest BCUT2D eigenvalue weighted by atomic mass is 10.0. The highest BCUT2D eigenvalue weighted by Gasteiger charge is 2.37. The van der Waals surface area contributed by atoms with E-state index in [4.69, 9.17) is 17.3 Å². The first kappa shape index (κ1) is 14.8. The number of halogens is 1. The van der Waals surface area contributed by atoms with Gasteiger partial charge in [0.2, 0.25) is 0 Å². The van der Waals surface area contributed by atoms with Gasteiger partial charge in [0.05, 0.1) is 10.4 Å². The highest BCUT2D eigenvalue weighted by molar-refractivity contribution is 7.16. The summed E-state index contributed by atoms with van der Waals surface area (Å²) in [5.41, 5.74) is 6.30. The minimum Gasteiger partial charge on any atom is -0.326 e. The van der Waals surface area contributed by atoms with Crippen LogP contribution in [0.5, 0.6) is 0 Å².